The molecule has 0 radical (unpaired) electrons. The zero-order chi connectivity index (χ0) is 15.4. The molecule has 0 heterocycles. The highest BCUT2D eigenvalue weighted by Gasteiger charge is 2.41. The Bertz CT molecular complexity index is 541. The van der Waals surface area contributed by atoms with Crippen molar-refractivity contribution in [2.45, 2.75) is 70.8 Å². The van der Waals surface area contributed by atoms with Crippen molar-refractivity contribution in [3.63, 3.8) is 0 Å². The maximum absolute atomic E-state index is 3.57. The van der Waals surface area contributed by atoms with E-state index in [1.165, 1.54) is 24.8 Å². The molecule has 21 heavy (non-hydrogen) atoms. The van der Waals surface area contributed by atoms with Crippen LogP contribution >= 0.6 is 0 Å². The fourth-order valence-electron chi connectivity index (χ4n) is 4.24. The molecular formula is C20H31N. The van der Waals surface area contributed by atoms with E-state index in [0.717, 1.165) is 11.8 Å². The fraction of sp³-hybridized carbons (Fsp3) is 0.700. The molecule has 1 aromatic carbocycles. The third kappa shape index (κ3) is 2.54. The minimum atomic E-state index is 0.314. The standard InChI is InChI=1S/C20H31N/c1-13-11-15(13)18(21-6)14-7-8-16-17(12-14)20(4,5)10-9-19(16,2)3/h7-8,12-13,15,18,21H,9-11H2,1-6H3. The predicted molar refractivity (Wildman–Crippen MR) is 90.8 cm³/mol. The van der Waals surface area contributed by atoms with E-state index in [0.29, 0.717) is 16.9 Å². The topological polar surface area (TPSA) is 12.0 Å². The van der Waals surface area contributed by atoms with E-state index in [1.54, 1.807) is 11.1 Å². The second-order valence-electron chi connectivity index (χ2n) is 8.72. The van der Waals surface area contributed by atoms with Gasteiger partial charge in [0.25, 0.3) is 0 Å². The Balaban J connectivity index is 2.03. The van der Waals surface area contributed by atoms with Gasteiger partial charge in [0, 0.05) is 6.04 Å². The van der Waals surface area contributed by atoms with E-state index in [1.807, 2.05) is 0 Å². The third-order valence-electron chi connectivity index (χ3n) is 6.15. The summed E-state index contributed by atoms with van der Waals surface area (Å²) in [5.74, 6) is 1.70. The zero-order valence-corrected chi connectivity index (χ0v) is 14.6. The lowest BCUT2D eigenvalue weighted by Crippen LogP contribution is -2.34. The van der Waals surface area contributed by atoms with Crippen molar-refractivity contribution in [2.75, 3.05) is 7.05 Å². The van der Waals surface area contributed by atoms with Gasteiger partial charge in [0.1, 0.15) is 0 Å². The summed E-state index contributed by atoms with van der Waals surface area (Å²) in [5.41, 5.74) is 5.29. The van der Waals surface area contributed by atoms with Crippen LogP contribution in [0.15, 0.2) is 18.2 Å². The van der Waals surface area contributed by atoms with Crippen molar-refractivity contribution >= 4 is 0 Å². The molecule has 2 aliphatic rings. The molecule has 1 saturated carbocycles. The van der Waals surface area contributed by atoms with Crippen LogP contribution in [0, 0.1) is 11.8 Å². The lowest BCUT2D eigenvalue weighted by Gasteiger charge is -2.42. The molecule has 0 bridgehead atoms. The van der Waals surface area contributed by atoms with Crippen LogP contribution in [0.5, 0.6) is 0 Å². The fourth-order valence-corrected chi connectivity index (χ4v) is 4.24. The lowest BCUT2D eigenvalue weighted by molar-refractivity contribution is 0.331. The molecule has 1 fully saturated rings. The number of fused-ring (bicyclic) bond motifs is 1. The number of rotatable bonds is 3. The lowest BCUT2D eigenvalue weighted by atomic mass is 9.63. The number of hydrogen-bond acceptors (Lipinski definition) is 1. The van der Waals surface area contributed by atoms with Crippen LogP contribution in [0.1, 0.15) is 76.6 Å². The van der Waals surface area contributed by atoms with Crippen LogP contribution in [0.25, 0.3) is 0 Å². The smallest absolute Gasteiger partial charge is 0.0348 e. The molecule has 0 spiro atoms. The molecule has 1 aromatic rings. The van der Waals surface area contributed by atoms with E-state index in [9.17, 15) is 0 Å². The molecule has 0 amide bonds. The summed E-state index contributed by atoms with van der Waals surface area (Å²) in [6, 6.07) is 7.85. The highest BCUT2D eigenvalue weighted by Crippen LogP contribution is 2.50. The molecule has 1 heteroatoms. The van der Waals surface area contributed by atoms with Crippen LogP contribution < -0.4 is 5.32 Å². The molecule has 3 atom stereocenters. The maximum atomic E-state index is 3.57. The first kappa shape index (κ1) is 15.1. The number of hydrogen-bond donors (Lipinski definition) is 1. The molecule has 1 nitrogen and oxygen atoms in total. The van der Waals surface area contributed by atoms with Crippen molar-refractivity contribution in [1.29, 1.82) is 0 Å². The van der Waals surface area contributed by atoms with Gasteiger partial charge in [-0.2, -0.15) is 0 Å². The minimum Gasteiger partial charge on any atom is -0.313 e. The Hall–Kier alpha value is -0.820. The largest absolute Gasteiger partial charge is 0.313 e. The quantitative estimate of drug-likeness (QED) is 0.828. The van der Waals surface area contributed by atoms with Crippen LogP contribution in [0.4, 0.5) is 0 Å². The summed E-state index contributed by atoms with van der Waals surface area (Å²) in [7, 11) is 2.12. The Morgan fingerprint density at radius 2 is 1.62 bits per heavy atom. The molecule has 2 aliphatic carbocycles. The Morgan fingerprint density at radius 3 is 2.14 bits per heavy atom. The average molecular weight is 285 g/mol. The van der Waals surface area contributed by atoms with Crippen molar-refractivity contribution < 1.29 is 0 Å². The second-order valence-corrected chi connectivity index (χ2v) is 8.72. The SMILES string of the molecule is CNC(c1ccc2c(c1)C(C)(C)CCC2(C)C)C1CC1C. The molecule has 1 N–H and O–H groups in total. The highest BCUT2D eigenvalue weighted by molar-refractivity contribution is 5.44. The van der Waals surface area contributed by atoms with E-state index in [4.69, 9.17) is 0 Å². The van der Waals surface area contributed by atoms with Crippen molar-refractivity contribution in [2.24, 2.45) is 11.8 Å². The Morgan fingerprint density at radius 1 is 1.05 bits per heavy atom. The van der Waals surface area contributed by atoms with Gasteiger partial charge in [-0.25, -0.2) is 0 Å². The first-order valence-electron chi connectivity index (χ1n) is 8.58. The molecule has 0 aliphatic heterocycles. The summed E-state index contributed by atoms with van der Waals surface area (Å²) >= 11 is 0. The van der Waals surface area contributed by atoms with E-state index >= 15 is 0 Å². The molecule has 3 rings (SSSR count). The average Bonchev–Trinajstić information content (AvgIpc) is 3.13. The van der Waals surface area contributed by atoms with Gasteiger partial charge in [-0.15, -0.1) is 0 Å². The first-order valence-corrected chi connectivity index (χ1v) is 8.58. The van der Waals surface area contributed by atoms with Crippen LogP contribution in [0.3, 0.4) is 0 Å². The van der Waals surface area contributed by atoms with Gasteiger partial charge in [-0.05, 0) is 65.7 Å². The van der Waals surface area contributed by atoms with Crippen LogP contribution in [-0.2, 0) is 10.8 Å². The summed E-state index contributed by atoms with van der Waals surface area (Å²) in [4.78, 5) is 0. The Labute approximate surface area is 130 Å². The van der Waals surface area contributed by atoms with E-state index < -0.39 is 0 Å². The number of nitrogens with one attached hydrogen (secondary N) is 1. The molecule has 0 saturated heterocycles. The first-order chi connectivity index (χ1) is 9.76. The van der Waals surface area contributed by atoms with Crippen LogP contribution in [-0.4, -0.2) is 7.05 Å². The van der Waals surface area contributed by atoms with Crippen molar-refractivity contribution in [1.82, 2.24) is 5.32 Å². The van der Waals surface area contributed by atoms with Crippen LogP contribution in [0.2, 0.25) is 0 Å². The molecule has 0 aromatic heterocycles. The Kier molecular flexibility index (Phi) is 3.48. The minimum absolute atomic E-state index is 0.314. The third-order valence-corrected chi connectivity index (χ3v) is 6.15. The normalized spacial score (nSPS) is 30.6. The summed E-state index contributed by atoms with van der Waals surface area (Å²) in [6.07, 6.45) is 3.96. The molecular weight excluding hydrogens is 254 g/mol. The molecule has 116 valence electrons. The second kappa shape index (κ2) is 4.84. The molecule has 3 unspecified atom stereocenters. The van der Waals surface area contributed by atoms with E-state index in [2.05, 4.69) is 65.2 Å². The monoisotopic (exact) mass is 285 g/mol. The zero-order valence-electron chi connectivity index (χ0n) is 14.6. The van der Waals surface area contributed by atoms with Gasteiger partial charge in [0.05, 0.1) is 0 Å². The van der Waals surface area contributed by atoms with E-state index in [-0.39, 0.29) is 0 Å². The van der Waals surface area contributed by atoms with Gasteiger partial charge in [-0.3, -0.25) is 0 Å². The summed E-state index contributed by atoms with van der Waals surface area (Å²) in [5, 5.41) is 3.57. The maximum Gasteiger partial charge on any atom is 0.0348 e. The van der Waals surface area contributed by atoms with Gasteiger partial charge in [0.15, 0.2) is 0 Å². The van der Waals surface area contributed by atoms with Gasteiger partial charge in [-0.1, -0.05) is 52.8 Å². The predicted octanol–water partition coefficient (Wildman–Crippen LogP) is 4.95. The van der Waals surface area contributed by atoms with Crippen molar-refractivity contribution in [3.05, 3.63) is 34.9 Å². The van der Waals surface area contributed by atoms with Gasteiger partial charge >= 0.3 is 0 Å². The van der Waals surface area contributed by atoms with Gasteiger partial charge in [0.2, 0.25) is 0 Å². The van der Waals surface area contributed by atoms with Crippen molar-refractivity contribution in [3.8, 4) is 0 Å². The number of benzene rings is 1. The summed E-state index contributed by atoms with van der Waals surface area (Å²) < 4.78 is 0. The van der Waals surface area contributed by atoms with Gasteiger partial charge < -0.3 is 5.32 Å². The summed E-state index contributed by atoms with van der Waals surface area (Å²) in [6.45, 7) is 12.0. The highest BCUT2D eigenvalue weighted by atomic mass is 14.9.